The Morgan fingerprint density at radius 3 is 3.00 bits per heavy atom. The summed E-state index contributed by atoms with van der Waals surface area (Å²) in [6, 6.07) is 4.47. The van der Waals surface area contributed by atoms with Crippen LogP contribution in [0.5, 0.6) is 0 Å². The monoisotopic (exact) mass is 294 g/mol. The maximum Gasteiger partial charge on any atom is 0.249 e. The molecule has 2 saturated heterocycles. The van der Waals surface area contributed by atoms with E-state index in [1.165, 1.54) is 4.88 Å². The van der Waals surface area contributed by atoms with Gasteiger partial charge in [-0.2, -0.15) is 0 Å². The predicted molar refractivity (Wildman–Crippen MR) is 79.9 cm³/mol. The van der Waals surface area contributed by atoms with E-state index in [0.29, 0.717) is 0 Å². The molecule has 1 amide bonds. The second kappa shape index (κ2) is 6.70. The van der Waals surface area contributed by atoms with E-state index >= 15 is 0 Å². The molecular weight excluding hydrogens is 272 g/mol. The van der Waals surface area contributed by atoms with Gasteiger partial charge in [-0.3, -0.25) is 4.79 Å². The number of thiophene rings is 1. The van der Waals surface area contributed by atoms with Gasteiger partial charge in [-0.05, 0) is 50.2 Å². The third-order valence-electron chi connectivity index (χ3n) is 4.17. The Balaban J connectivity index is 1.53. The zero-order valence-corrected chi connectivity index (χ0v) is 12.5. The van der Waals surface area contributed by atoms with Gasteiger partial charge in [0.1, 0.15) is 6.61 Å². The minimum Gasteiger partial charge on any atom is -0.368 e. The summed E-state index contributed by atoms with van der Waals surface area (Å²) in [5, 5.41) is 5.39. The van der Waals surface area contributed by atoms with Gasteiger partial charge in [-0.15, -0.1) is 11.3 Å². The van der Waals surface area contributed by atoms with Gasteiger partial charge in [0.05, 0.1) is 12.1 Å². The van der Waals surface area contributed by atoms with Crippen LogP contribution in [0, 0.1) is 0 Å². The molecule has 2 fully saturated rings. The summed E-state index contributed by atoms with van der Waals surface area (Å²) in [6.07, 6.45) is 4.47. The Hall–Kier alpha value is -0.910. The highest BCUT2D eigenvalue weighted by atomic mass is 32.1. The summed E-state index contributed by atoms with van der Waals surface area (Å²) in [6.45, 7) is 3.12. The Kier molecular flexibility index (Phi) is 4.70. The van der Waals surface area contributed by atoms with Crippen molar-refractivity contribution in [3.63, 3.8) is 0 Å². The first-order valence-electron chi connectivity index (χ1n) is 7.50. The molecule has 1 aromatic heterocycles. The minimum absolute atomic E-state index is 0.152. The summed E-state index contributed by atoms with van der Waals surface area (Å²) in [5.41, 5.74) is 0. The number of nitrogens with zero attached hydrogens (tertiary/aromatic N) is 1. The maximum absolute atomic E-state index is 12.4. The van der Waals surface area contributed by atoms with Gasteiger partial charge in [0.15, 0.2) is 0 Å². The summed E-state index contributed by atoms with van der Waals surface area (Å²) < 4.78 is 5.80. The second-order valence-electron chi connectivity index (χ2n) is 5.52. The Labute approximate surface area is 124 Å². The van der Waals surface area contributed by atoms with Gasteiger partial charge in [-0.25, -0.2) is 0 Å². The summed E-state index contributed by atoms with van der Waals surface area (Å²) >= 11 is 1.74. The molecule has 2 aliphatic rings. The van der Waals surface area contributed by atoms with Gasteiger partial charge in [0.2, 0.25) is 5.91 Å². The number of hydrogen-bond donors (Lipinski definition) is 1. The lowest BCUT2D eigenvalue weighted by molar-refractivity contribution is -0.139. The van der Waals surface area contributed by atoms with Crippen molar-refractivity contribution in [2.75, 3.05) is 26.2 Å². The van der Waals surface area contributed by atoms with Crippen LogP contribution < -0.4 is 5.32 Å². The van der Waals surface area contributed by atoms with E-state index in [-0.39, 0.29) is 24.7 Å². The fourth-order valence-electron chi connectivity index (χ4n) is 3.08. The van der Waals surface area contributed by atoms with Gasteiger partial charge in [0, 0.05) is 11.4 Å². The van der Waals surface area contributed by atoms with Crippen LogP contribution in [0.1, 0.15) is 36.6 Å². The van der Waals surface area contributed by atoms with Crippen LogP contribution in [0.25, 0.3) is 0 Å². The Bertz CT molecular complexity index is 429. The van der Waals surface area contributed by atoms with Crippen molar-refractivity contribution >= 4 is 17.2 Å². The van der Waals surface area contributed by atoms with Gasteiger partial charge < -0.3 is 15.0 Å². The van der Waals surface area contributed by atoms with Crippen molar-refractivity contribution < 1.29 is 9.53 Å². The fourth-order valence-corrected chi connectivity index (χ4v) is 3.95. The molecule has 20 heavy (non-hydrogen) atoms. The van der Waals surface area contributed by atoms with Crippen molar-refractivity contribution in [2.45, 2.75) is 37.8 Å². The normalized spacial score (nSPS) is 24.2. The second-order valence-corrected chi connectivity index (χ2v) is 6.50. The van der Waals surface area contributed by atoms with Gasteiger partial charge in [-0.1, -0.05) is 6.07 Å². The zero-order valence-electron chi connectivity index (χ0n) is 11.7. The highest BCUT2D eigenvalue weighted by molar-refractivity contribution is 7.10. The number of hydrogen-bond acceptors (Lipinski definition) is 4. The maximum atomic E-state index is 12.4. The molecule has 0 bridgehead atoms. The standard InChI is InChI=1S/C15H22N2O2S/c18-15(11-19-12-5-7-16-8-6-12)17-9-1-3-13(17)14-4-2-10-20-14/h2,4,10,12-13,16H,1,3,5-9,11H2. The quantitative estimate of drug-likeness (QED) is 0.925. The molecule has 0 spiro atoms. The van der Waals surface area contributed by atoms with Crippen molar-refractivity contribution in [3.8, 4) is 0 Å². The number of amides is 1. The molecule has 0 aliphatic carbocycles. The van der Waals surface area contributed by atoms with Crippen molar-refractivity contribution in [3.05, 3.63) is 22.4 Å². The third-order valence-corrected chi connectivity index (χ3v) is 5.15. The molecule has 2 aliphatic heterocycles. The van der Waals surface area contributed by atoms with Crippen molar-refractivity contribution in [1.82, 2.24) is 10.2 Å². The molecule has 0 saturated carbocycles. The smallest absolute Gasteiger partial charge is 0.249 e. The van der Waals surface area contributed by atoms with Crippen molar-refractivity contribution in [2.24, 2.45) is 0 Å². The number of rotatable bonds is 4. The number of likely N-dealkylation sites (tertiary alicyclic amines) is 1. The molecule has 5 heteroatoms. The molecule has 3 rings (SSSR count). The molecule has 4 nitrogen and oxygen atoms in total. The number of carbonyl (C=O) groups excluding carboxylic acids is 1. The molecule has 0 radical (unpaired) electrons. The van der Waals surface area contributed by atoms with E-state index in [2.05, 4.69) is 22.8 Å². The van der Waals surface area contributed by atoms with E-state index in [9.17, 15) is 4.79 Å². The average Bonchev–Trinajstić information content (AvgIpc) is 3.15. The van der Waals surface area contributed by atoms with Crippen LogP contribution in [-0.4, -0.2) is 43.2 Å². The highest BCUT2D eigenvalue weighted by Crippen LogP contribution is 2.34. The van der Waals surface area contributed by atoms with E-state index < -0.39 is 0 Å². The molecular formula is C15H22N2O2S. The van der Waals surface area contributed by atoms with Crippen LogP contribution >= 0.6 is 11.3 Å². The number of ether oxygens (including phenoxy) is 1. The Morgan fingerprint density at radius 2 is 2.25 bits per heavy atom. The molecule has 1 N–H and O–H groups in total. The highest BCUT2D eigenvalue weighted by Gasteiger charge is 2.30. The fraction of sp³-hybridized carbons (Fsp3) is 0.667. The molecule has 110 valence electrons. The summed E-state index contributed by atoms with van der Waals surface area (Å²) in [5.74, 6) is 0.152. The van der Waals surface area contributed by atoms with E-state index in [4.69, 9.17) is 4.74 Å². The zero-order chi connectivity index (χ0) is 13.8. The molecule has 1 aromatic rings. The molecule has 1 unspecified atom stereocenters. The van der Waals surface area contributed by atoms with Crippen LogP contribution in [0.15, 0.2) is 17.5 Å². The van der Waals surface area contributed by atoms with Crippen LogP contribution in [0.2, 0.25) is 0 Å². The van der Waals surface area contributed by atoms with Crippen LogP contribution in [-0.2, 0) is 9.53 Å². The topological polar surface area (TPSA) is 41.6 Å². The molecule has 3 heterocycles. The first-order chi connectivity index (χ1) is 9.84. The first-order valence-corrected chi connectivity index (χ1v) is 8.38. The number of nitrogens with one attached hydrogen (secondary N) is 1. The minimum atomic E-state index is 0.152. The lowest BCUT2D eigenvalue weighted by Crippen LogP contribution is -2.37. The Morgan fingerprint density at radius 1 is 1.40 bits per heavy atom. The molecule has 1 atom stereocenters. The van der Waals surface area contributed by atoms with Crippen molar-refractivity contribution in [1.29, 1.82) is 0 Å². The van der Waals surface area contributed by atoms with E-state index in [1.807, 2.05) is 4.90 Å². The summed E-state index contributed by atoms with van der Waals surface area (Å²) in [7, 11) is 0. The van der Waals surface area contributed by atoms with Gasteiger partial charge >= 0.3 is 0 Å². The van der Waals surface area contributed by atoms with E-state index in [1.54, 1.807) is 11.3 Å². The predicted octanol–water partition coefficient (Wildman–Crippen LogP) is 2.18. The lowest BCUT2D eigenvalue weighted by atomic mass is 10.1. The van der Waals surface area contributed by atoms with E-state index in [0.717, 1.165) is 45.3 Å². The molecule has 0 aromatic carbocycles. The number of piperidine rings is 1. The SMILES string of the molecule is O=C(COC1CCNCC1)N1CCCC1c1cccs1. The van der Waals surface area contributed by atoms with Crippen LogP contribution in [0.3, 0.4) is 0 Å². The lowest BCUT2D eigenvalue weighted by Gasteiger charge is -2.27. The van der Waals surface area contributed by atoms with Crippen LogP contribution in [0.4, 0.5) is 0 Å². The first kappa shape index (κ1) is 14.0. The third kappa shape index (κ3) is 3.22. The summed E-state index contributed by atoms with van der Waals surface area (Å²) in [4.78, 5) is 15.7. The van der Waals surface area contributed by atoms with Gasteiger partial charge in [0.25, 0.3) is 0 Å². The largest absolute Gasteiger partial charge is 0.368 e. The number of carbonyl (C=O) groups is 1. The average molecular weight is 294 g/mol.